The number of alkyl halides is 1. The molecule has 0 radical (unpaired) electrons. The minimum atomic E-state index is -0.596. The average molecular weight is 233 g/mol. The van der Waals surface area contributed by atoms with Gasteiger partial charge in [-0.1, -0.05) is 15.9 Å². The Morgan fingerprint density at radius 3 is 2.75 bits per heavy atom. The van der Waals surface area contributed by atoms with Crippen molar-refractivity contribution in [3.8, 4) is 0 Å². The molecule has 0 unspecified atom stereocenters. The summed E-state index contributed by atoms with van der Waals surface area (Å²) < 4.78 is 0. The van der Waals surface area contributed by atoms with Crippen LogP contribution in [0.3, 0.4) is 0 Å². The maximum Gasteiger partial charge on any atom is 0.276 e. The lowest BCUT2D eigenvalue weighted by atomic mass is 10.3. The van der Waals surface area contributed by atoms with E-state index in [4.69, 9.17) is 0 Å². The number of pyridine rings is 1. The van der Waals surface area contributed by atoms with Gasteiger partial charge >= 0.3 is 0 Å². The van der Waals surface area contributed by atoms with Crippen LogP contribution in [0.4, 0.5) is 5.69 Å². The van der Waals surface area contributed by atoms with Crippen molar-refractivity contribution in [3.05, 3.63) is 38.3 Å². The second kappa shape index (κ2) is 3.48. The molecule has 0 spiro atoms. The third-order valence-corrected chi connectivity index (χ3v) is 1.84. The molecule has 1 N–H and O–H groups in total. The van der Waals surface area contributed by atoms with Crippen molar-refractivity contribution in [1.82, 2.24) is 4.98 Å². The molecule has 64 valence electrons. The van der Waals surface area contributed by atoms with Gasteiger partial charge in [0.25, 0.3) is 11.2 Å². The molecule has 0 aliphatic rings. The van der Waals surface area contributed by atoms with Gasteiger partial charge in [-0.05, 0) is 0 Å². The van der Waals surface area contributed by atoms with Gasteiger partial charge in [0, 0.05) is 17.1 Å². The quantitative estimate of drug-likeness (QED) is 0.473. The van der Waals surface area contributed by atoms with E-state index in [1.165, 1.54) is 6.07 Å². The van der Waals surface area contributed by atoms with E-state index in [2.05, 4.69) is 20.9 Å². The number of hydrogen-bond acceptors (Lipinski definition) is 3. The number of nitrogens with one attached hydrogen (secondary N) is 1. The van der Waals surface area contributed by atoms with Gasteiger partial charge in [0.05, 0.1) is 11.0 Å². The number of nitro groups is 1. The summed E-state index contributed by atoms with van der Waals surface area (Å²) in [5.74, 6) is 0. The molecule has 0 aliphatic carbocycles. The predicted octanol–water partition coefficient (Wildman–Crippen LogP) is 1.18. The van der Waals surface area contributed by atoms with Crippen LogP contribution in [-0.4, -0.2) is 9.91 Å². The van der Waals surface area contributed by atoms with Gasteiger partial charge in [0.1, 0.15) is 0 Å². The summed E-state index contributed by atoms with van der Waals surface area (Å²) in [6, 6.07) is 2.27. The van der Waals surface area contributed by atoms with E-state index in [0.717, 1.165) is 6.07 Å². The molecule has 0 bridgehead atoms. The van der Waals surface area contributed by atoms with Crippen molar-refractivity contribution in [2.24, 2.45) is 0 Å². The Hall–Kier alpha value is -1.17. The largest absolute Gasteiger partial charge is 0.325 e. The van der Waals surface area contributed by atoms with Crippen LogP contribution in [0.2, 0.25) is 0 Å². The summed E-state index contributed by atoms with van der Waals surface area (Å²) in [4.78, 5) is 22.9. The Morgan fingerprint density at radius 2 is 2.25 bits per heavy atom. The second-order valence-corrected chi connectivity index (χ2v) is 2.68. The third kappa shape index (κ3) is 1.91. The van der Waals surface area contributed by atoms with Gasteiger partial charge in [0.15, 0.2) is 0 Å². The normalized spacial score (nSPS) is 9.75. The lowest BCUT2D eigenvalue weighted by Gasteiger charge is -1.94. The van der Waals surface area contributed by atoms with Crippen molar-refractivity contribution >= 4 is 21.6 Å². The smallest absolute Gasteiger partial charge is 0.276 e. The number of nitrogens with zero attached hydrogens (tertiary/aromatic N) is 1. The first-order chi connectivity index (χ1) is 5.63. The van der Waals surface area contributed by atoms with Crippen LogP contribution < -0.4 is 5.56 Å². The molecule has 5 nitrogen and oxygen atoms in total. The minimum absolute atomic E-state index is 0.187. The summed E-state index contributed by atoms with van der Waals surface area (Å²) >= 11 is 3.08. The Labute approximate surface area is 75.7 Å². The van der Waals surface area contributed by atoms with E-state index in [1.807, 2.05) is 0 Å². The molecular formula is C6H5BrN2O3. The highest BCUT2D eigenvalue weighted by atomic mass is 79.9. The first-order valence-corrected chi connectivity index (χ1v) is 4.19. The van der Waals surface area contributed by atoms with Gasteiger partial charge in [0.2, 0.25) is 0 Å². The number of hydrogen-bond donors (Lipinski definition) is 1. The zero-order chi connectivity index (χ0) is 9.14. The van der Waals surface area contributed by atoms with Crippen molar-refractivity contribution in [2.75, 3.05) is 0 Å². The van der Waals surface area contributed by atoms with Crippen molar-refractivity contribution in [1.29, 1.82) is 0 Å². The van der Waals surface area contributed by atoms with Gasteiger partial charge in [-0.3, -0.25) is 14.9 Å². The summed E-state index contributed by atoms with van der Waals surface area (Å²) in [6.07, 6.45) is 0. The summed E-state index contributed by atoms with van der Waals surface area (Å²) in [5, 5.41) is 10.7. The maximum atomic E-state index is 10.8. The average Bonchev–Trinajstić information content (AvgIpc) is 2.03. The SMILES string of the molecule is O=c1cc([N+](=O)[O-])cc(CBr)[nH]1. The molecule has 0 aliphatic heterocycles. The molecule has 0 saturated carbocycles. The Kier molecular flexibility index (Phi) is 2.59. The fourth-order valence-corrected chi connectivity index (χ4v) is 1.06. The Balaban J connectivity index is 3.24. The van der Waals surface area contributed by atoms with E-state index in [1.54, 1.807) is 0 Å². The van der Waals surface area contributed by atoms with Gasteiger partial charge < -0.3 is 4.98 Å². The Bertz CT molecular complexity index is 360. The molecule has 1 aromatic rings. The van der Waals surface area contributed by atoms with E-state index >= 15 is 0 Å². The summed E-state index contributed by atoms with van der Waals surface area (Å²) in [6.45, 7) is 0. The van der Waals surface area contributed by atoms with Gasteiger partial charge in [-0.25, -0.2) is 0 Å². The standard InChI is InChI=1S/C6H5BrN2O3/c7-3-4-1-5(9(11)12)2-6(10)8-4/h1-2H,3H2,(H,8,10). The highest BCUT2D eigenvalue weighted by molar-refractivity contribution is 9.08. The molecule has 1 rings (SSSR count). The molecule has 12 heavy (non-hydrogen) atoms. The zero-order valence-electron chi connectivity index (χ0n) is 5.91. The molecule has 1 heterocycles. The molecule has 0 atom stereocenters. The Morgan fingerprint density at radius 1 is 1.58 bits per heavy atom. The van der Waals surface area contributed by atoms with E-state index in [-0.39, 0.29) is 5.69 Å². The van der Waals surface area contributed by atoms with E-state index < -0.39 is 10.5 Å². The zero-order valence-corrected chi connectivity index (χ0v) is 7.50. The fourth-order valence-electron chi connectivity index (χ4n) is 0.762. The molecular weight excluding hydrogens is 228 g/mol. The minimum Gasteiger partial charge on any atom is -0.325 e. The molecule has 0 saturated heterocycles. The molecule has 6 heteroatoms. The van der Waals surface area contributed by atoms with Crippen LogP contribution >= 0.6 is 15.9 Å². The molecule has 0 aromatic carbocycles. The van der Waals surface area contributed by atoms with E-state index in [9.17, 15) is 14.9 Å². The number of halogens is 1. The number of aromatic nitrogens is 1. The van der Waals surface area contributed by atoms with Crippen LogP contribution in [0.5, 0.6) is 0 Å². The highest BCUT2D eigenvalue weighted by Gasteiger charge is 2.07. The first kappa shape index (κ1) is 8.92. The van der Waals surface area contributed by atoms with Gasteiger partial charge in [-0.2, -0.15) is 0 Å². The lowest BCUT2D eigenvalue weighted by Crippen LogP contribution is -2.07. The molecule has 0 amide bonds. The predicted molar refractivity (Wildman–Crippen MR) is 46.3 cm³/mol. The summed E-state index contributed by atoms with van der Waals surface area (Å²) in [7, 11) is 0. The third-order valence-electron chi connectivity index (χ3n) is 1.24. The van der Waals surface area contributed by atoms with E-state index in [0.29, 0.717) is 11.0 Å². The molecule has 0 fully saturated rings. The monoisotopic (exact) mass is 232 g/mol. The van der Waals surface area contributed by atoms with Crippen LogP contribution in [0.15, 0.2) is 16.9 Å². The van der Waals surface area contributed by atoms with Crippen molar-refractivity contribution in [2.45, 2.75) is 5.33 Å². The molecule has 1 aromatic heterocycles. The van der Waals surface area contributed by atoms with Gasteiger partial charge in [-0.15, -0.1) is 0 Å². The first-order valence-electron chi connectivity index (χ1n) is 3.07. The maximum absolute atomic E-state index is 10.8. The number of aromatic amines is 1. The highest BCUT2D eigenvalue weighted by Crippen LogP contribution is 2.09. The fraction of sp³-hybridized carbons (Fsp3) is 0.167. The number of rotatable bonds is 2. The number of H-pyrrole nitrogens is 1. The topological polar surface area (TPSA) is 76.0 Å². The van der Waals surface area contributed by atoms with Crippen molar-refractivity contribution < 1.29 is 4.92 Å². The lowest BCUT2D eigenvalue weighted by molar-refractivity contribution is -0.385. The van der Waals surface area contributed by atoms with Crippen molar-refractivity contribution in [3.63, 3.8) is 0 Å². The second-order valence-electron chi connectivity index (χ2n) is 2.12. The van der Waals surface area contributed by atoms with Crippen LogP contribution in [0.25, 0.3) is 0 Å². The summed E-state index contributed by atoms with van der Waals surface area (Å²) in [5.41, 5.74) is -0.152. The van der Waals surface area contributed by atoms with Crippen LogP contribution in [0.1, 0.15) is 5.69 Å². The van der Waals surface area contributed by atoms with Crippen LogP contribution in [-0.2, 0) is 5.33 Å². The van der Waals surface area contributed by atoms with Crippen LogP contribution in [0, 0.1) is 10.1 Å².